The molecule has 4 heteroatoms. The van der Waals surface area contributed by atoms with Crippen LogP contribution in [0.4, 0.5) is 5.69 Å². The molecule has 1 aromatic rings. The second-order valence-corrected chi connectivity index (χ2v) is 7.26. The fourth-order valence-corrected chi connectivity index (χ4v) is 2.30. The Morgan fingerprint density at radius 2 is 1.62 bits per heavy atom. The second-order valence-electron chi connectivity index (χ2n) is 4.77. The molecule has 0 fully saturated rings. The third-order valence-electron chi connectivity index (χ3n) is 1.91. The van der Waals surface area contributed by atoms with Crippen LogP contribution in [0.3, 0.4) is 0 Å². The highest BCUT2D eigenvalue weighted by atomic mass is 79.9. The lowest BCUT2D eigenvalue weighted by Gasteiger charge is -2.11. The summed E-state index contributed by atoms with van der Waals surface area (Å²) in [4.78, 5) is 0. The molecule has 0 N–H and O–H groups in total. The average molecular weight is 301 g/mol. The van der Waals surface area contributed by atoms with Gasteiger partial charge in [-0.05, 0) is 57.9 Å². The minimum absolute atomic E-state index is 0.112. The van der Waals surface area contributed by atoms with Gasteiger partial charge in [0.25, 0.3) is 0 Å². The van der Waals surface area contributed by atoms with Gasteiger partial charge in [-0.3, -0.25) is 0 Å². The lowest BCUT2D eigenvalue weighted by atomic mass is 10.1. The van der Waals surface area contributed by atoms with E-state index in [1.54, 1.807) is 0 Å². The van der Waals surface area contributed by atoms with Crippen molar-refractivity contribution < 1.29 is 0 Å². The van der Waals surface area contributed by atoms with Gasteiger partial charge in [0.2, 0.25) is 0 Å². The molecule has 88 valence electrons. The first-order valence-corrected chi connectivity index (χ1v) is 6.72. The maximum atomic E-state index is 4.30. The van der Waals surface area contributed by atoms with Crippen LogP contribution in [-0.4, -0.2) is 4.75 Å². The first kappa shape index (κ1) is 13.7. The van der Waals surface area contributed by atoms with E-state index in [0.717, 1.165) is 21.3 Å². The molecule has 0 unspecified atom stereocenters. The van der Waals surface area contributed by atoms with Crippen LogP contribution < -0.4 is 0 Å². The van der Waals surface area contributed by atoms with Gasteiger partial charge in [-0.15, -0.1) is 9.63 Å². The maximum Gasteiger partial charge on any atom is 0.0922 e. The molecule has 0 bridgehead atoms. The van der Waals surface area contributed by atoms with Crippen molar-refractivity contribution in [2.45, 2.75) is 39.4 Å². The topological polar surface area (TPSA) is 24.7 Å². The predicted molar refractivity (Wildman–Crippen MR) is 75.5 cm³/mol. The van der Waals surface area contributed by atoms with E-state index in [1.165, 1.54) is 11.9 Å². The summed E-state index contributed by atoms with van der Waals surface area (Å²) in [5, 5.41) is 4.30. The molecule has 0 atom stereocenters. The van der Waals surface area contributed by atoms with E-state index in [9.17, 15) is 0 Å². The summed E-state index contributed by atoms with van der Waals surface area (Å²) >= 11 is 4.97. The van der Waals surface area contributed by atoms with Crippen LogP contribution in [0.15, 0.2) is 26.2 Å². The van der Waals surface area contributed by atoms with Gasteiger partial charge in [-0.25, -0.2) is 0 Å². The molecule has 0 spiro atoms. The molecule has 0 radical (unpaired) electrons. The number of aryl methyl sites for hydroxylation is 2. The minimum Gasteiger partial charge on any atom is -0.143 e. The Labute approximate surface area is 110 Å². The van der Waals surface area contributed by atoms with E-state index >= 15 is 0 Å². The molecular weight excluding hydrogens is 284 g/mol. The molecule has 0 amide bonds. The van der Waals surface area contributed by atoms with Crippen LogP contribution in [0, 0.1) is 13.8 Å². The smallest absolute Gasteiger partial charge is 0.0922 e. The summed E-state index contributed by atoms with van der Waals surface area (Å²) in [5.74, 6) is 0. The highest BCUT2D eigenvalue weighted by Gasteiger charge is 2.10. The van der Waals surface area contributed by atoms with Crippen molar-refractivity contribution in [2.24, 2.45) is 9.63 Å². The first-order valence-electron chi connectivity index (χ1n) is 5.15. The van der Waals surface area contributed by atoms with E-state index < -0.39 is 0 Å². The van der Waals surface area contributed by atoms with Crippen LogP contribution in [0.2, 0.25) is 0 Å². The average Bonchev–Trinajstić information content (AvgIpc) is 2.07. The van der Waals surface area contributed by atoms with Crippen LogP contribution in [-0.2, 0) is 0 Å². The van der Waals surface area contributed by atoms with Gasteiger partial charge >= 0.3 is 0 Å². The van der Waals surface area contributed by atoms with Gasteiger partial charge in [0.05, 0.1) is 5.69 Å². The molecule has 16 heavy (non-hydrogen) atoms. The molecular formula is C12H17BrN2S. The monoisotopic (exact) mass is 300 g/mol. The summed E-state index contributed by atoms with van der Waals surface area (Å²) in [6.45, 7) is 10.5. The highest BCUT2D eigenvalue weighted by molar-refractivity contribution is 9.10. The Hall–Kier alpha value is -0.350. The predicted octanol–water partition coefficient (Wildman–Crippen LogP) is 5.60. The van der Waals surface area contributed by atoms with Crippen LogP contribution >= 0.6 is 27.9 Å². The Balaban J connectivity index is 2.90. The zero-order valence-electron chi connectivity index (χ0n) is 10.3. The van der Waals surface area contributed by atoms with Crippen molar-refractivity contribution >= 4 is 33.6 Å². The van der Waals surface area contributed by atoms with E-state index in [0.29, 0.717) is 0 Å². The van der Waals surface area contributed by atoms with Crippen molar-refractivity contribution in [2.75, 3.05) is 0 Å². The Morgan fingerprint density at radius 1 is 1.12 bits per heavy atom. The Kier molecular flexibility index (Phi) is 4.56. The number of benzene rings is 1. The third kappa shape index (κ3) is 4.26. The van der Waals surface area contributed by atoms with Crippen molar-refractivity contribution in [3.05, 3.63) is 27.7 Å². The molecule has 0 heterocycles. The van der Waals surface area contributed by atoms with Crippen LogP contribution in [0.25, 0.3) is 0 Å². The molecule has 0 aliphatic heterocycles. The van der Waals surface area contributed by atoms with Gasteiger partial charge in [0.15, 0.2) is 0 Å². The molecule has 0 aliphatic carbocycles. The molecule has 0 saturated heterocycles. The normalized spacial score (nSPS) is 12.4. The van der Waals surface area contributed by atoms with Gasteiger partial charge in [-0.2, -0.15) is 0 Å². The van der Waals surface area contributed by atoms with E-state index in [1.807, 2.05) is 13.8 Å². The number of halogens is 1. The van der Waals surface area contributed by atoms with Crippen molar-refractivity contribution in [3.8, 4) is 0 Å². The Bertz CT molecular complexity index is 385. The van der Waals surface area contributed by atoms with Gasteiger partial charge < -0.3 is 0 Å². The molecule has 2 nitrogen and oxygen atoms in total. The second kappa shape index (κ2) is 5.32. The van der Waals surface area contributed by atoms with Crippen LogP contribution in [0.1, 0.15) is 31.9 Å². The number of hydrogen-bond acceptors (Lipinski definition) is 3. The largest absolute Gasteiger partial charge is 0.143 e. The maximum absolute atomic E-state index is 4.30. The Morgan fingerprint density at radius 3 is 2.06 bits per heavy atom. The summed E-state index contributed by atoms with van der Waals surface area (Å²) in [6, 6.07) is 4.12. The minimum atomic E-state index is 0.112. The lowest BCUT2D eigenvalue weighted by Crippen LogP contribution is -2.04. The van der Waals surface area contributed by atoms with Gasteiger partial charge in [0, 0.05) is 21.2 Å². The molecule has 1 rings (SSSR count). The molecule has 0 aliphatic rings. The van der Waals surface area contributed by atoms with E-state index in [2.05, 4.69) is 58.5 Å². The third-order valence-corrected chi connectivity index (χ3v) is 3.08. The van der Waals surface area contributed by atoms with Crippen molar-refractivity contribution in [3.63, 3.8) is 0 Å². The summed E-state index contributed by atoms with van der Waals surface area (Å²) in [6.07, 6.45) is 0. The van der Waals surface area contributed by atoms with Gasteiger partial charge in [0.1, 0.15) is 0 Å². The van der Waals surface area contributed by atoms with Crippen molar-refractivity contribution in [1.29, 1.82) is 0 Å². The van der Waals surface area contributed by atoms with E-state index in [4.69, 9.17) is 0 Å². The van der Waals surface area contributed by atoms with Gasteiger partial charge in [-0.1, -0.05) is 15.9 Å². The zero-order chi connectivity index (χ0) is 12.3. The van der Waals surface area contributed by atoms with Crippen molar-refractivity contribution in [1.82, 2.24) is 0 Å². The summed E-state index contributed by atoms with van der Waals surface area (Å²) in [5.41, 5.74) is 3.26. The number of nitrogens with zero attached hydrogens (tertiary/aromatic N) is 2. The number of hydrogen-bond donors (Lipinski definition) is 0. The molecule has 0 aromatic heterocycles. The zero-order valence-corrected chi connectivity index (χ0v) is 12.7. The number of rotatable bonds is 2. The summed E-state index contributed by atoms with van der Waals surface area (Å²) < 4.78 is 5.39. The highest BCUT2D eigenvalue weighted by Crippen LogP contribution is 2.31. The lowest BCUT2D eigenvalue weighted by molar-refractivity contribution is 0.802. The van der Waals surface area contributed by atoms with Crippen LogP contribution in [0.5, 0.6) is 0 Å². The standard InChI is InChI=1S/C12H17BrN2S/c1-8-6-10(13)7-9(2)11(8)14-15-16-12(3,4)5/h6-7H,1-5H3. The summed E-state index contributed by atoms with van der Waals surface area (Å²) in [7, 11) is 0. The quantitative estimate of drug-likeness (QED) is 0.515. The molecule has 1 aromatic carbocycles. The van der Waals surface area contributed by atoms with E-state index in [-0.39, 0.29) is 4.75 Å². The fraction of sp³-hybridized carbons (Fsp3) is 0.500. The SMILES string of the molecule is Cc1cc(Br)cc(C)c1N=NSC(C)(C)C. The fourth-order valence-electron chi connectivity index (χ4n) is 1.24. The first-order chi connectivity index (χ1) is 7.29. The molecule has 0 saturated carbocycles.